The van der Waals surface area contributed by atoms with Gasteiger partial charge in [0.05, 0.1) is 0 Å². The SMILES string of the molecule is O=C(c1c[nH]ccc1=O)N1CC=C(C(F)(F)F)CC1. The van der Waals surface area contributed by atoms with Gasteiger partial charge in [0, 0.05) is 37.1 Å². The molecular formula is C12H11F3N2O2. The number of amides is 1. The molecule has 0 saturated carbocycles. The van der Waals surface area contributed by atoms with Gasteiger partial charge in [-0.25, -0.2) is 0 Å². The summed E-state index contributed by atoms with van der Waals surface area (Å²) in [7, 11) is 0. The largest absolute Gasteiger partial charge is 0.412 e. The van der Waals surface area contributed by atoms with Crippen molar-refractivity contribution < 1.29 is 18.0 Å². The van der Waals surface area contributed by atoms with Crippen LogP contribution in [0.5, 0.6) is 0 Å². The molecule has 0 saturated heterocycles. The first-order chi connectivity index (χ1) is 8.89. The molecule has 1 amide bonds. The molecule has 1 aromatic heterocycles. The second-order valence-electron chi connectivity index (χ2n) is 4.15. The second-order valence-corrected chi connectivity index (χ2v) is 4.15. The smallest absolute Gasteiger partial charge is 0.367 e. The van der Waals surface area contributed by atoms with Crippen molar-refractivity contribution in [3.63, 3.8) is 0 Å². The third kappa shape index (κ3) is 2.86. The lowest BCUT2D eigenvalue weighted by Crippen LogP contribution is -2.38. The maximum absolute atomic E-state index is 12.4. The molecule has 0 bridgehead atoms. The number of alkyl halides is 3. The molecule has 2 rings (SSSR count). The predicted molar refractivity (Wildman–Crippen MR) is 61.7 cm³/mol. The zero-order valence-corrected chi connectivity index (χ0v) is 9.83. The van der Waals surface area contributed by atoms with Crippen LogP contribution in [-0.2, 0) is 0 Å². The zero-order chi connectivity index (χ0) is 14.0. The average molecular weight is 272 g/mol. The number of hydrogen-bond acceptors (Lipinski definition) is 2. The van der Waals surface area contributed by atoms with Gasteiger partial charge in [-0.1, -0.05) is 6.08 Å². The minimum atomic E-state index is -4.35. The fourth-order valence-corrected chi connectivity index (χ4v) is 1.86. The monoisotopic (exact) mass is 272 g/mol. The molecule has 0 radical (unpaired) electrons. The molecule has 0 unspecified atom stereocenters. The minimum absolute atomic E-state index is 0.0431. The molecule has 1 N–H and O–H groups in total. The Morgan fingerprint density at radius 2 is 2.11 bits per heavy atom. The van der Waals surface area contributed by atoms with Gasteiger partial charge >= 0.3 is 6.18 Å². The van der Waals surface area contributed by atoms with Gasteiger partial charge in [-0.05, 0) is 6.42 Å². The summed E-state index contributed by atoms with van der Waals surface area (Å²) in [6.07, 6.45) is -0.970. The van der Waals surface area contributed by atoms with Gasteiger partial charge in [0.25, 0.3) is 5.91 Å². The molecule has 0 atom stereocenters. The standard InChI is InChI=1S/C12H11F3N2O2/c13-12(14,15)8-2-5-17(6-3-8)11(19)9-7-16-4-1-10(9)18/h1-2,4,7H,3,5-6H2,(H,16,18). The first-order valence-electron chi connectivity index (χ1n) is 5.62. The highest BCUT2D eigenvalue weighted by atomic mass is 19.4. The lowest BCUT2D eigenvalue weighted by molar-refractivity contribution is -0.0957. The van der Waals surface area contributed by atoms with Gasteiger partial charge in [0.15, 0.2) is 5.43 Å². The number of nitrogens with one attached hydrogen (secondary N) is 1. The number of pyridine rings is 1. The Bertz CT molecular complexity index is 575. The van der Waals surface area contributed by atoms with E-state index >= 15 is 0 Å². The lowest BCUT2D eigenvalue weighted by atomic mass is 10.1. The van der Waals surface area contributed by atoms with Gasteiger partial charge in [-0.2, -0.15) is 13.2 Å². The van der Waals surface area contributed by atoms with E-state index in [1.165, 1.54) is 23.4 Å². The van der Waals surface area contributed by atoms with Crippen molar-refractivity contribution in [2.75, 3.05) is 13.1 Å². The van der Waals surface area contributed by atoms with Crippen LogP contribution in [0.1, 0.15) is 16.8 Å². The summed E-state index contributed by atoms with van der Waals surface area (Å²) >= 11 is 0. The Morgan fingerprint density at radius 1 is 1.37 bits per heavy atom. The summed E-state index contributed by atoms with van der Waals surface area (Å²) in [4.78, 5) is 27.3. The van der Waals surface area contributed by atoms with E-state index in [-0.39, 0.29) is 25.1 Å². The maximum Gasteiger partial charge on any atom is 0.412 e. The van der Waals surface area contributed by atoms with Crippen LogP contribution < -0.4 is 5.43 Å². The summed E-state index contributed by atoms with van der Waals surface area (Å²) in [6.45, 7) is -0.180. The Labute approximate surface area is 106 Å². The molecule has 1 aromatic rings. The molecule has 4 nitrogen and oxygen atoms in total. The van der Waals surface area contributed by atoms with Crippen molar-refractivity contribution in [2.24, 2.45) is 0 Å². The van der Waals surface area contributed by atoms with Crippen LogP contribution in [-0.4, -0.2) is 35.1 Å². The van der Waals surface area contributed by atoms with Gasteiger partial charge in [-0.3, -0.25) is 9.59 Å². The number of aromatic nitrogens is 1. The quantitative estimate of drug-likeness (QED) is 0.791. The fraction of sp³-hybridized carbons (Fsp3) is 0.333. The van der Waals surface area contributed by atoms with E-state index in [9.17, 15) is 22.8 Å². The van der Waals surface area contributed by atoms with E-state index in [4.69, 9.17) is 0 Å². The second kappa shape index (κ2) is 4.91. The Hall–Kier alpha value is -2.05. The minimum Gasteiger partial charge on any atom is -0.367 e. The van der Waals surface area contributed by atoms with Crippen LogP contribution in [0.2, 0.25) is 0 Å². The van der Waals surface area contributed by atoms with Crippen molar-refractivity contribution in [3.05, 3.63) is 45.9 Å². The van der Waals surface area contributed by atoms with Crippen LogP contribution in [0.15, 0.2) is 34.9 Å². The van der Waals surface area contributed by atoms with E-state index < -0.39 is 23.1 Å². The topological polar surface area (TPSA) is 53.2 Å². The molecule has 0 spiro atoms. The number of H-pyrrole nitrogens is 1. The number of aromatic amines is 1. The van der Waals surface area contributed by atoms with E-state index in [1.54, 1.807) is 0 Å². The normalized spacial score (nSPS) is 16.2. The molecule has 2 heterocycles. The van der Waals surface area contributed by atoms with E-state index in [0.29, 0.717) is 0 Å². The molecule has 0 aromatic carbocycles. The first kappa shape index (κ1) is 13.4. The summed E-state index contributed by atoms with van der Waals surface area (Å²) in [5.41, 5.74) is -1.14. The molecule has 102 valence electrons. The summed E-state index contributed by atoms with van der Waals surface area (Å²) < 4.78 is 37.3. The van der Waals surface area contributed by atoms with Gasteiger partial charge in [0.2, 0.25) is 0 Å². The van der Waals surface area contributed by atoms with Gasteiger partial charge in [0.1, 0.15) is 5.56 Å². The predicted octanol–water partition coefficient (Wildman–Crippen LogP) is 1.71. The summed E-state index contributed by atoms with van der Waals surface area (Å²) in [5.74, 6) is -0.556. The number of rotatable bonds is 1. The average Bonchev–Trinajstić information content (AvgIpc) is 2.38. The van der Waals surface area contributed by atoms with Crippen molar-refractivity contribution in [1.82, 2.24) is 9.88 Å². The molecule has 1 aliphatic heterocycles. The van der Waals surface area contributed by atoms with Crippen LogP contribution in [0.3, 0.4) is 0 Å². The third-order valence-electron chi connectivity index (χ3n) is 2.91. The molecule has 0 fully saturated rings. The maximum atomic E-state index is 12.4. The van der Waals surface area contributed by atoms with Crippen molar-refractivity contribution >= 4 is 5.91 Å². The van der Waals surface area contributed by atoms with Gasteiger partial charge < -0.3 is 9.88 Å². The Morgan fingerprint density at radius 3 is 2.63 bits per heavy atom. The Kier molecular flexibility index (Phi) is 3.46. The number of carbonyl (C=O) groups excluding carboxylic acids is 1. The van der Waals surface area contributed by atoms with Crippen LogP contribution in [0.25, 0.3) is 0 Å². The van der Waals surface area contributed by atoms with E-state index in [1.807, 2.05) is 0 Å². The molecule has 19 heavy (non-hydrogen) atoms. The molecule has 0 aliphatic carbocycles. The zero-order valence-electron chi connectivity index (χ0n) is 9.83. The number of carbonyl (C=O) groups is 1. The summed E-state index contributed by atoms with van der Waals surface area (Å²) in [5, 5.41) is 0. The first-order valence-corrected chi connectivity index (χ1v) is 5.62. The highest BCUT2D eigenvalue weighted by Crippen LogP contribution is 2.30. The van der Waals surface area contributed by atoms with Crippen LogP contribution in [0.4, 0.5) is 13.2 Å². The molecular weight excluding hydrogens is 261 g/mol. The molecule has 1 aliphatic rings. The van der Waals surface area contributed by atoms with Crippen LogP contribution in [0, 0.1) is 0 Å². The number of hydrogen-bond donors (Lipinski definition) is 1. The lowest BCUT2D eigenvalue weighted by Gasteiger charge is -2.27. The number of halogens is 3. The third-order valence-corrected chi connectivity index (χ3v) is 2.91. The van der Waals surface area contributed by atoms with Gasteiger partial charge in [-0.15, -0.1) is 0 Å². The highest BCUT2D eigenvalue weighted by Gasteiger charge is 2.35. The molecule has 7 heteroatoms. The summed E-state index contributed by atoms with van der Waals surface area (Å²) in [6, 6.07) is 1.20. The van der Waals surface area contributed by atoms with Crippen molar-refractivity contribution in [2.45, 2.75) is 12.6 Å². The van der Waals surface area contributed by atoms with Crippen LogP contribution >= 0.6 is 0 Å². The van der Waals surface area contributed by atoms with Crippen molar-refractivity contribution in [3.8, 4) is 0 Å². The fourth-order valence-electron chi connectivity index (χ4n) is 1.86. The van der Waals surface area contributed by atoms with E-state index in [2.05, 4.69) is 4.98 Å². The Balaban J connectivity index is 2.15. The van der Waals surface area contributed by atoms with Crippen molar-refractivity contribution in [1.29, 1.82) is 0 Å². The number of nitrogens with zero attached hydrogens (tertiary/aromatic N) is 1. The van der Waals surface area contributed by atoms with E-state index in [0.717, 1.165) is 6.08 Å². The highest BCUT2D eigenvalue weighted by molar-refractivity contribution is 5.94.